The monoisotopic (exact) mass is 447 g/mol. The Kier molecular flexibility index (Phi) is 7.79. The van der Waals surface area contributed by atoms with Crippen molar-refractivity contribution in [2.24, 2.45) is 4.99 Å². The highest BCUT2D eigenvalue weighted by atomic mass is 32.2. The number of allylic oxidation sites excluding steroid dienone is 2. The number of hydrogen-bond acceptors (Lipinski definition) is 5. The summed E-state index contributed by atoms with van der Waals surface area (Å²) in [4.78, 5) is 34.7. The molecule has 32 heavy (non-hydrogen) atoms. The smallest absolute Gasteiger partial charge is 0.271 e. The van der Waals surface area contributed by atoms with Crippen LogP contribution in [0.2, 0.25) is 0 Å². The van der Waals surface area contributed by atoms with Crippen LogP contribution in [-0.4, -0.2) is 26.1 Å². The van der Waals surface area contributed by atoms with Crippen LogP contribution in [0.15, 0.2) is 57.8 Å². The van der Waals surface area contributed by atoms with Crippen molar-refractivity contribution in [1.29, 1.82) is 5.26 Å². The molecule has 3 aromatic rings. The van der Waals surface area contributed by atoms with E-state index in [0.29, 0.717) is 23.2 Å². The van der Waals surface area contributed by atoms with Gasteiger partial charge in [-0.25, -0.2) is 4.98 Å². The molecule has 7 nitrogen and oxygen atoms in total. The van der Waals surface area contributed by atoms with Gasteiger partial charge in [0.15, 0.2) is 5.49 Å². The highest BCUT2D eigenvalue weighted by Gasteiger charge is 2.15. The van der Waals surface area contributed by atoms with Crippen LogP contribution < -0.4 is 11.0 Å². The van der Waals surface area contributed by atoms with Gasteiger partial charge >= 0.3 is 0 Å². The van der Waals surface area contributed by atoms with Crippen molar-refractivity contribution in [1.82, 2.24) is 14.0 Å². The minimum Gasteiger partial charge on any atom is -0.309 e. The second-order valence-corrected chi connectivity index (χ2v) is 8.01. The number of unbranched alkanes of at least 4 members (excludes halogenated alkanes) is 2. The van der Waals surface area contributed by atoms with Gasteiger partial charge in [-0.2, -0.15) is 10.3 Å². The topological polar surface area (TPSA) is 92.5 Å². The third-order valence-corrected chi connectivity index (χ3v) is 5.42. The highest BCUT2D eigenvalue weighted by molar-refractivity contribution is 8.01. The van der Waals surface area contributed by atoms with Gasteiger partial charge in [-0.05, 0) is 42.7 Å². The summed E-state index contributed by atoms with van der Waals surface area (Å²) >= 11 is 1.52. The number of aryl methyl sites for hydroxylation is 2. The minimum absolute atomic E-state index is 0.168. The van der Waals surface area contributed by atoms with Crippen molar-refractivity contribution in [3.8, 4) is 6.07 Å². The van der Waals surface area contributed by atoms with Gasteiger partial charge in [0, 0.05) is 18.8 Å². The maximum absolute atomic E-state index is 13.2. The van der Waals surface area contributed by atoms with Crippen molar-refractivity contribution in [3.05, 3.63) is 75.0 Å². The Labute approximate surface area is 190 Å². The van der Waals surface area contributed by atoms with E-state index in [9.17, 15) is 14.9 Å². The predicted octanol–water partition coefficient (Wildman–Crippen LogP) is 3.88. The molecule has 0 aromatic carbocycles. The van der Waals surface area contributed by atoms with E-state index in [1.54, 1.807) is 29.0 Å². The molecule has 0 atom stereocenters. The summed E-state index contributed by atoms with van der Waals surface area (Å²) in [6, 6.07) is 7.27. The number of carbonyl (C=O) groups excluding carboxylic acids is 1. The van der Waals surface area contributed by atoms with Crippen molar-refractivity contribution in [2.75, 3.05) is 6.26 Å². The number of carbonyl (C=O) groups is 1. The first-order valence-corrected chi connectivity index (χ1v) is 11.7. The number of pyridine rings is 2. The maximum Gasteiger partial charge on any atom is 0.271 e. The van der Waals surface area contributed by atoms with Crippen LogP contribution in [0.3, 0.4) is 0 Å². The Hall–Kier alpha value is -3.44. The molecule has 164 valence electrons. The molecule has 0 saturated heterocycles. The van der Waals surface area contributed by atoms with Crippen molar-refractivity contribution in [3.63, 3.8) is 0 Å². The lowest BCUT2D eigenvalue weighted by Gasteiger charge is -2.14. The number of rotatable bonds is 7. The average Bonchev–Trinajstić information content (AvgIpc) is 2.79. The van der Waals surface area contributed by atoms with E-state index in [0.717, 1.165) is 24.8 Å². The molecule has 0 N–H and O–H groups in total. The maximum atomic E-state index is 13.2. The first-order chi connectivity index (χ1) is 15.5. The van der Waals surface area contributed by atoms with Gasteiger partial charge in [0.05, 0.1) is 10.9 Å². The SMILES string of the molecule is CCCCCn1c(=NC(=O)/C=C/C=C/SC)c(C#N)cc2c(=O)n3cccc(C)c3nc21. The number of fused-ring (bicyclic) bond motifs is 2. The summed E-state index contributed by atoms with van der Waals surface area (Å²) in [5.74, 6) is -0.482. The molecule has 0 aliphatic heterocycles. The first kappa shape index (κ1) is 23.2. The lowest BCUT2D eigenvalue weighted by Crippen LogP contribution is -2.29. The van der Waals surface area contributed by atoms with Crippen molar-refractivity contribution in [2.45, 2.75) is 39.7 Å². The molecule has 1 amide bonds. The lowest BCUT2D eigenvalue weighted by molar-refractivity contribution is -0.113. The zero-order valence-electron chi connectivity index (χ0n) is 18.4. The van der Waals surface area contributed by atoms with Crippen LogP contribution in [0.4, 0.5) is 0 Å². The molecule has 0 radical (unpaired) electrons. The molecule has 3 heterocycles. The molecular formula is C24H25N5O2S. The fourth-order valence-electron chi connectivity index (χ4n) is 3.43. The van der Waals surface area contributed by atoms with E-state index < -0.39 is 5.91 Å². The van der Waals surface area contributed by atoms with Crippen LogP contribution in [0.1, 0.15) is 37.3 Å². The number of aromatic nitrogens is 3. The number of hydrogen-bond donors (Lipinski definition) is 0. The van der Waals surface area contributed by atoms with Gasteiger partial charge < -0.3 is 4.57 Å². The standard InChI is InChI=1S/C24H25N5O2S/c1-4-5-7-12-28-22(26-20(30)11-6-8-14-32-3)18(16-25)15-19-23(28)27-21-17(2)10-9-13-29(21)24(19)31/h6,8-11,13-15H,4-5,7,12H2,1-3H3/b11-6+,14-8+,26-22?. The molecule has 3 aromatic heterocycles. The number of nitriles is 1. The number of nitrogens with zero attached hydrogens (tertiary/aromatic N) is 5. The average molecular weight is 448 g/mol. The summed E-state index contributed by atoms with van der Waals surface area (Å²) in [5, 5.41) is 12.0. The van der Waals surface area contributed by atoms with Crippen LogP contribution in [0.5, 0.6) is 0 Å². The van der Waals surface area contributed by atoms with E-state index in [-0.39, 0.29) is 16.6 Å². The lowest BCUT2D eigenvalue weighted by atomic mass is 10.2. The molecule has 0 unspecified atom stereocenters. The van der Waals surface area contributed by atoms with E-state index in [2.05, 4.69) is 18.0 Å². The van der Waals surface area contributed by atoms with E-state index >= 15 is 0 Å². The van der Waals surface area contributed by atoms with Crippen LogP contribution in [0, 0.1) is 18.3 Å². The number of amides is 1. The molecule has 0 spiro atoms. The minimum atomic E-state index is -0.482. The third-order valence-electron chi connectivity index (χ3n) is 4.99. The fourth-order valence-corrected chi connectivity index (χ4v) is 3.67. The molecule has 3 rings (SSSR count). The fraction of sp³-hybridized carbons (Fsp3) is 0.292. The van der Waals surface area contributed by atoms with E-state index in [1.807, 2.05) is 24.7 Å². The Bertz CT molecular complexity index is 1390. The van der Waals surface area contributed by atoms with Gasteiger partial charge in [-0.15, -0.1) is 11.8 Å². The molecule has 0 aliphatic rings. The van der Waals surface area contributed by atoms with Gasteiger partial charge in [0.2, 0.25) is 0 Å². The highest BCUT2D eigenvalue weighted by Crippen LogP contribution is 2.13. The van der Waals surface area contributed by atoms with Crippen LogP contribution in [-0.2, 0) is 11.3 Å². The van der Waals surface area contributed by atoms with Gasteiger partial charge in [0.1, 0.15) is 17.4 Å². The molecule has 0 fully saturated rings. The summed E-state index contributed by atoms with van der Waals surface area (Å²) in [6.07, 6.45) is 11.1. The zero-order chi connectivity index (χ0) is 23.1. The summed E-state index contributed by atoms with van der Waals surface area (Å²) in [7, 11) is 0. The number of thioether (sulfide) groups is 1. The zero-order valence-corrected chi connectivity index (χ0v) is 19.2. The Morgan fingerprint density at radius 1 is 1.31 bits per heavy atom. The Morgan fingerprint density at radius 2 is 2.12 bits per heavy atom. The quantitative estimate of drug-likeness (QED) is 0.237. The molecule has 0 saturated carbocycles. The normalized spacial score (nSPS) is 12.4. The van der Waals surface area contributed by atoms with Gasteiger partial charge in [0.25, 0.3) is 11.5 Å². The second kappa shape index (κ2) is 10.7. The summed E-state index contributed by atoms with van der Waals surface area (Å²) < 4.78 is 3.22. The molecule has 0 aliphatic carbocycles. The second-order valence-electron chi connectivity index (χ2n) is 7.26. The van der Waals surface area contributed by atoms with Crippen LogP contribution in [0.25, 0.3) is 16.7 Å². The largest absolute Gasteiger partial charge is 0.309 e. The Morgan fingerprint density at radius 3 is 2.84 bits per heavy atom. The van der Waals surface area contributed by atoms with Gasteiger partial charge in [-0.3, -0.25) is 14.0 Å². The van der Waals surface area contributed by atoms with E-state index in [4.69, 9.17) is 4.98 Å². The van der Waals surface area contributed by atoms with Crippen LogP contribution >= 0.6 is 11.8 Å². The third kappa shape index (κ3) is 4.89. The summed E-state index contributed by atoms with van der Waals surface area (Å²) in [6.45, 7) is 4.48. The molecular weight excluding hydrogens is 422 g/mol. The molecule has 0 bridgehead atoms. The van der Waals surface area contributed by atoms with Gasteiger partial charge in [-0.1, -0.05) is 38.0 Å². The predicted molar refractivity (Wildman–Crippen MR) is 128 cm³/mol. The Balaban J connectivity index is 2.35. The van der Waals surface area contributed by atoms with Crippen molar-refractivity contribution < 1.29 is 4.79 Å². The molecule has 8 heteroatoms. The van der Waals surface area contributed by atoms with Crippen molar-refractivity contribution >= 4 is 34.3 Å². The first-order valence-electron chi connectivity index (χ1n) is 10.4. The van der Waals surface area contributed by atoms with E-state index in [1.165, 1.54) is 28.3 Å². The summed E-state index contributed by atoms with van der Waals surface area (Å²) in [5.41, 5.74) is 1.96.